The summed E-state index contributed by atoms with van der Waals surface area (Å²) in [6.45, 7) is 9.47. The molecule has 7 heteroatoms. The lowest BCUT2D eigenvalue weighted by Crippen LogP contribution is -2.52. The molecule has 0 radical (unpaired) electrons. The Balaban J connectivity index is 1.46. The number of amides is 1. The van der Waals surface area contributed by atoms with Gasteiger partial charge in [-0.2, -0.15) is 0 Å². The second-order valence-corrected chi connectivity index (χ2v) is 11.1. The molecule has 178 valence electrons. The number of hydrogen-bond donors (Lipinski definition) is 2. The third kappa shape index (κ3) is 5.71. The maximum atomic E-state index is 13.3. The fourth-order valence-electron chi connectivity index (χ4n) is 5.94. The molecule has 2 bridgehead atoms. The number of nitrogens with zero attached hydrogens (tertiary/aromatic N) is 1. The van der Waals surface area contributed by atoms with E-state index in [9.17, 15) is 4.79 Å². The van der Waals surface area contributed by atoms with E-state index in [-0.39, 0.29) is 11.9 Å². The van der Waals surface area contributed by atoms with Gasteiger partial charge in [0.1, 0.15) is 4.90 Å². The SMILES string of the molecule is CC/C=C/Sc1c(OCC2CCNCC2)noc1C(=O)NC1C2CC(C)CC1CC(C)C2. The van der Waals surface area contributed by atoms with Crippen molar-refractivity contribution in [3.63, 3.8) is 0 Å². The molecule has 0 atom stereocenters. The fourth-order valence-corrected chi connectivity index (χ4v) is 6.80. The van der Waals surface area contributed by atoms with Crippen molar-refractivity contribution in [2.75, 3.05) is 19.7 Å². The molecule has 1 saturated heterocycles. The minimum Gasteiger partial charge on any atom is -0.474 e. The van der Waals surface area contributed by atoms with Gasteiger partial charge < -0.3 is 19.9 Å². The third-order valence-electron chi connectivity index (χ3n) is 7.39. The minimum atomic E-state index is -0.147. The first-order valence-electron chi connectivity index (χ1n) is 12.5. The summed E-state index contributed by atoms with van der Waals surface area (Å²) < 4.78 is 11.6. The fraction of sp³-hybridized carbons (Fsp3) is 0.760. The van der Waals surface area contributed by atoms with Crippen molar-refractivity contribution >= 4 is 17.7 Å². The average Bonchev–Trinajstić information content (AvgIpc) is 3.17. The van der Waals surface area contributed by atoms with Gasteiger partial charge in [-0.1, -0.05) is 38.6 Å². The standard InChI is InChI=1S/C25H39N3O3S/c1-4-5-10-32-23-22(31-28-25(23)30-15-18-6-8-26-9-7-18)24(29)27-21-19-11-16(2)12-20(21)14-17(3)13-19/h5,10,16-21,26H,4,6-9,11-15H2,1-3H3,(H,27,29)/b10-5+. The molecule has 0 unspecified atom stereocenters. The van der Waals surface area contributed by atoms with Crippen molar-refractivity contribution in [3.8, 4) is 5.88 Å². The maximum Gasteiger partial charge on any atom is 0.291 e. The van der Waals surface area contributed by atoms with E-state index >= 15 is 0 Å². The van der Waals surface area contributed by atoms with E-state index in [0.29, 0.717) is 40.9 Å². The lowest BCUT2D eigenvalue weighted by molar-refractivity contribution is 0.0512. The zero-order chi connectivity index (χ0) is 22.5. The van der Waals surface area contributed by atoms with Gasteiger partial charge in [-0.3, -0.25) is 4.79 Å². The molecule has 3 aliphatic rings. The summed E-state index contributed by atoms with van der Waals surface area (Å²) in [5, 5.41) is 12.9. The Kier molecular flexibility index (Phi) is 8.22. The molecule has 32 heavy (non-hydrogen) atoms. The van der Waals surface area contributed by atoms with Crippen LogP contribution in [0.4, 0.5) is 0 Å². The first-order chi connectivity index (χ1) is 15.5. The number of piperidine rings is 1. The Morgan fingerprint density at radius 1 is 1.19 bits per heavy atom. The lowest BCUT2D eigenvalue weighted by atomic mass is 9.62. The highest BCUT2D eigenvalue weighted by Gasteiger charge is 2.42. The van der Waals surface area contributed by atoms with E-state index in [4.69, 9.17) is 9.26 Å². The number of rotatable bonds is 8. The monoisotopic (exact) mass is 461 g/mol. The second-order valence-electron chi connectivity index (χ2n) is 10.2. The van der Waals surface area contributed by atoms with E-state index in [1.54, 1.807) is 0 Å². The summed E-state index contributed by atoms with van der Waals surface area (Å²) in [5.74, 6) is 3.72. The zero-order valence-electron chi connectivity index (χ0n) is 19.8. The molecule has 2 heterocycles. The smallest absolute Gasteiger partial charge is 0.291 e. The van der Waals surface area contributed by atoms with Gasteiger partial charge in [0.05, 0.1) is 6.61 Å². The third-order valence-corrected chi connectivity index (χ3v) is 8.32. The van der Waals surface area contributed by atoms with E-state index in [1.807, 2.05) is 5.41 Å². The number of allylic oxidation sites excluding steroid dienone is 1. The molecule has 1 aliphatic heterocycles. The normalized spacial score (nSPS) is 31.0. The van der Waals surface area contributed by atoms with Gasteiger partial charge in [-0.15, -0.1) is 0 Å². The predicted octanol–water partition coefficient (Wildman–Crippen LogP) is 5.26. The van der Waals surface area contributed by atoms with Crippen LogP contribution in [0.5, 0.6) is 5.88 Å². The van der Waals surface area contributed by atoms with Crippen LogP contribution in [0.1, 0.15) is 76.3 Å². The van der Waals surface area contributed by atoms with Gasteiger partial charge in [-0.05, 0) is 98.2 Å². The number of carbonyl (C=O) groups is 1. The lowest BCUT2D eigenvalue weighted by Gasteiger charge is -2.47. The first kappa shape index (κ1) is 23.7. The molecule has 6 nitrogen and oxygen atoms in total. The Morgan fingerprint density at radius 3 is 2.47 bits per heavy atom. The van der Waals surface area contributed by atoms with Gasteiger partial charge in [0, 0.05) is 6.04 Å². The number of fused-ring (bicyclic) bond motifs is 2. The summed E-state index contributed by atoms with van der Waals surface area (Å²) in [7, 11) is 0. The molecule has 1 aromatic rings. The van der Waals surface area contributed by atoms with Crippen molar-refractivity contribution in [3.05, 3.63) is 17.2 Å². The Hall–Kier alpha value is -1.47. The average molecular weight is 462 g/mol. The number of carbonyl (C=O) groups excluding carboxylic acids is 1. The summed E-state index contributed by atoms with van der Waals surface area (Å²) in [6, 6.07) is 0.239. The summed E-state index contributed by atoms with van der Waals surface area (Å²) in [5.41, 5.74) is 0. The van der Waals surface area contributed by atoms with Crippen LogP contribution in [0.25, 0.3) is 0 Å². The molecule has 2 aliphatic carbocycles. The summed E-state index contributed by atoms with van der Waals surface area (Å²) in [4.78, 5) is 14.0. The van der Waals surface area contributed by atoms with Crippen LogP contribution < -0.4 is 15.4 Å². The maximum absolute atomic E-state index is 13.3. The van der Waals surface area contributed by atoms with Crippen LogP contribution in [0.15, 0.2) is 20.9 Å². The number of thioether (sulfide) groups is 1. The van der Waals surface area contributed by atoms with Crippen LogP contribution in [0.2, 0.25) is 0 Å². The van der Waals surface area contributed by atoms with Crippen LogP contribution in [-0.2, 0) is 0 Å². The first-order valence-corrected chi connectivity index (χ1v) is 13.4. The van der Waals surface area contributed by atoms with E-state index in [1.165, 1.54) is 37.4 Å². The number of ether oxygens (including phenoxy) is 1. The van der Waals surface area contributed by atoms with Gasteiger partial charge in [0.2, 0.25) is 5.76 Å². The highest BCUT2D eigenvalue weighted by molar-refractivity contribution is 8.02. The quantitative estimate of drug-likeness (QED) is 0.514. The molecule has 2 N–H and O–H groups in total. The molecule has 3 fully saturated rings. The molecular weight excluding hydrogens is 422 g/mol. The van der Waals surface area contributed by atoms with Gasteiger partial charge in [0.25, 0.3) is 11.8 Å². The van der Waals surface area contributed by atoms with Crippen molar-refractivity contribution in [2.45, 2.75) is 76.7 Å². The minimum absolute atomic E-state index is 0.147. The van der Waals surface area contributed by atoms with Crippen LogP contribution in [0.3, 0.4) is 0 Å². The molecule has 2 saturated carbocycles. The molecule has 0 aromatic carbocycles. The van der Waals surface area contributed by atoms with Crippen molar-refractivity contribution in [1.29, 1.82) is 0 Å². The zero-order valence-corrected chi connectivity index (χ0v) is 20.6. The van der Waals surface area contributed by atoms with Crippen molar-refractivity contribution in [2.24, 2.45) is 29.6 Å². The van der Waals surface area contributed by atoms with Crippen molar-refractivity contribution < 1.29 is 14.1 Å². The Bertz CT molecular complexity index is 759. The van der Waals surface area contributed by atoms with Gasteiger partial charge >= 0.3 is 0 Å². The van der Waals surface area contributed by atoms with Crippen LogP contribution >= 0.6 is 11.8 Å². The highest BCUT2D eigenvalue weighted by Crippen LogP contribution is 2.45. The van der Waals surface area contributed by atoms with E-state index in [0.717, 1.165) is 44.2 Å². The Labute approximate surface area is 196 Å². The molecular formula is C25H39N3O3S. The number of aromatic nitrogens is 1. The highest BCUT2D eigenvalue weighted by atomic mass is 32.2. The molecule has 1 amide bonds. The second kappa shape index (κ2) is 11.1. The summed E-state index contributed by atoms with van der Waals surface area (Å²) in [6.07, 6.45) is 10.0. The molecule has 4 rings (SSSR count). The molecule has 0 spiro atoms. The Morgan fingerprint density at radius 2 is 1.84 bits per heavy atom. The van der Waals surface area contributed by atoms with Gasteiger partial charge in [-0.25, -0.2) is 0 Å². The van der Waals surface area contributed by atoms with Crippen molar-refractivity contribution in [1.82, 2.24) is 15.8 Å². The summed E-state index contributed by atoms with van der Waals surface area (Å²) >= 11 is 1.47. The predicted molar refractivity (Wildman–Crippen MR) is 128 cm³/mol. The topological polar surface area (TPSA) is 76.4 Å². The number of hydrogen-bond acceptors (Lipinski definition) is 6. The number of nitrogens with one attached hydrogen (secondary N) is 2. The van der Waals surface area contributed by atoms with Gasteiger partial charge in [0.15, 0.2) is 0 Å². The largest absolute Gasteiger partial charge is 0.474 e. The molecule has 1 aromatic heterocycles. The van der Waals surface area contributed by atoms with E-state index in [2.05, 4.69) is 42.6 Å². The van der Waals surface area contributed by atoms with Crippen LogP contribution in [-0.4, -0.2) is 36.8 Å². The van der Waals surface area contributed by atoms with Crippen LogP contribution in [0, 0.1) is 29.6 Å². The van der Waals surface area contributed by atoms with E-state index < -0.39 is 0 Å².